The summed E-state index contributed by atoms with van der Waals surface area (Å²) in [7, 11) is 3.98. The summed E-state index contributed by atoms with van der Waals surface area (Å²) in [6.07, 6.45) is 0. The van der Waals surface area contributed by atoms with E-state index in [2.05, 4.69) is 10.3 Å². The predicted octanol–water partition coefficient (Wildman–Crippen LogP) is 1.22. The van der Waals surface area contributed by atoms with Crippen molar-refractivity contribution in [3.63, 3.8) is 0 Å². The molecule has 1 aromatic rings. The number of methoxy groups -OCH3 is 2. The molecule has 0 amide bonds. The molecule has 0 atom stereocenters. The summed E-state index contributed by atoms with van der Waals surface area (Å²) in [6.45, 7) is 4.86. The third-order valence-corrected chi connectivity index (χ3v) is 4.36. The molecule has 0 radical (unpaired) electrons. The molecular formula is C16H20N4O6. The number of ether oxygens (including phenoxy) is 2. The molecule has 1 aliphatic rings. The second kappa shape index (κ2) is 6.98. The Morgan fingerprint density at radius 3 is 1.96 bits per heavy atom. The van der Waals surface area contributed by atoms with Crippen LogP contribution in [0, 0.1) is 17.0 Å². The average Bonchev–Trinajstić information content (AvgIpc) is 2.88. The van der Waals surface area contributed by atoms with E-state index >= 15 is 0 Å². The Balaban J connectivity index is 2.88. The Kier molecular flexibility index (Phi) is 5.15. The minimum absolute atomic E-state index is 0.0876. The molecule has 1 aliphatic heterocycles. The van der Waals surface area contributed by atoms with Crippen LogP contribution in [-0.2, 0) is 26.1 Å². The van der Waals surface area contributed by atoms with Crippen molar-refractivity contribution in [1.29, 1.82) is 0 Å². The standard InChI is InChI=1S/C16H20N4O6/c1-7-10(15(21)25-5)12(11(8(2)17-7)16(22)26-6)13-14(20(23)24)18-9(3)19(13)4/h12,17H,1-6H3. The number of nitrogens with one attached hydrogen (secondary N) is 1. The summed E-state index contributed by atoms with van der Waals surface area (Å²) < 4.78 is 11.2. The largest absolute Gasteiger partial charge is 0.466 e. The molecule has 10 nitrogen and oxygen atoms in total. The summed E-state index contributed by atoms with van der Waals surface area (Å²) in [4.78, 5) is 39.7. The van der Waals surface area contributed by atoms with E-state index in [4.69, 9.17) is 9.47 Å². The van der Waals surface area contributed by atoms with E-state index in [9.17, 15) is 19.7 Å². The van der Waals surface area contributed by atoms with Crippen molar-refractivity contribution in [3.8, 4) is 0 Å². The smallest absolute Gasteiger partial charge is 0.386 e. The van der Waals surface area contributed by atoms with Gasteiger partial charge in [-0.1, -0.05) is 0 Å². The van der Waals surface area contributed by atoms with Crippen LogP contribution in [0.15, 0.2) is 22.5 Å². The molecule has 0 saturated heterocycles. The Hall–Kier alpha value is -3.17. The van der Waals surface area contributed by atoms with Crippen molar-refractivity contribution in [3.05, 3.63) is 44.2 Å². The maximum Gasteiger partial charge on any atom is 0.386 e. The number of carbonyl (C=O) groups is 2. The Labute approximate surface area is 149 Å². The zero-order valence-electron chi connectivity index (χ0n) is 15.4. The van der Waals surface area contributed by atoms with Crippen LogP contribution in [0.5, 0.6) is 0 Å². The van der Waals surface area contributed by atoms with Gasteiger partial charge in [0.1, 0.15) is 5.69 Å². The van der Waals surface area contributed by atoms with Crippen molar-refractivity contribution < 1.29 is 24.0 Å². The molecule has 0 bridgehead atoms. The van der Waals surface area contributed by atoms with Crippen molar-refractivity contribution in [2.24, 2.45) is 7.05 Å². The van der Waals surface area contributed by atoms with Gasteiger partial charge >= 0.3 is 17.8 Å². The number of aryl methyl sites for hydroxylation is 1. The highest BCUT2D eigenvalue weighted by atomic mass is 16.6. The fourth-order valence-electron chi connectivity index (χ4n) is 3.10. The van der Waals surface area contributed by atoms with Gasteiger partial charge in [0, 0.05) is 25.4 Å². The lowest BCUT2D eigenvalue weighted by Crippen LogP contribution is -2.33. The molecule has 0 fully saturated rings. The number of esters is 2. The van der Waals surface area contributed by atoms with E-state index in [1.54, 1.807) is 27.8 Å². The van der Waals surface area contributed by atoms with Crippen LogP contribution in [0.1, 0.15) is 31.3 Å². The monoisotopic (exact) mass is 364 g/mol. The molecule has 0 aromatic carbocycles. The number of nitrogens with zero attached hydrogens (tertiary/aromatic N) is 3. The first kappa shape index (κ1) is 19.2. The van der Waals surface area contributed by atoms with Crippen molar-refractivity contribution in [1.82, 2.24) is 14.9 Å². The molecule has 1 N–H and O–H groups in total. The molecule has 0 unspecified atom stereocenters. The van der Waals surface area contributed by atoms with Crippen LogP contribution in [0.3, 0.4) is 0 Å². The van der Waals surface area contributed by atoms with E-state index < -0.39 is 28.6 Å². The first-order valence-corrected chi connectivity index (χ1v) is 7.68. The fraction of sp³-hybridized carbons (Fsp3) is 0.438. The molecule has 0 saturated carbocycles. The van der Waals surface area contributed by atoms with Gasteiger partial charge in [-0.2, -0.15) is 0 Å². The zero-order valence-corrected chi connectivity index (χ0v) is 15.4. The minimum Gasteiger partial charge on any atom is -0.466 e. The van der Waals surface area contributed by atoms with Gasteiger partial charge in [0.15, 0.2) is 0 Å². The second-order valence-electron chi connectivity index (χ2n) is 5.80. The topological polar surface area (TPSA) is 126 Å². The number of imidazole rings is 1. The van der Waals surface area contributed by atoms with Crippen LogP contribution >= 0.6 is 0 Å². The van der Waals surface area contributed by atoms with E-state index in [1.165, 1.54) is 18.8 Å². The minimum atomic E-state index is -1.05. The number of nitro groups is 1. The van der Waals surface area contributed by atoms with Crippen molar-refractivity contribution in [2.45, 2.75) is 26.7 Å². The van der Waals surface area contributed by atoms with Gasteiger partial charge < -0.3 is 29.5 Å². The molecule has 2 rings (SSSR count). The van der Waals surface area contributed by atoms with E-state index in [-0.39, 0.29) is 16.8 Å². The van der Waals surface area contributed by atoms with Crippen molar-refractivity contribution in [2.75, 3.05) is 14.2 Å². The van der Waals surface area contributed by atoms with Gasteiger partial charge in [0.2, 0.25) is 5.82 Å². The lowest BCUT2D eigenvalue weighted by atomic mass is 9.82. The van der Waals surface area contributed by atoms with Crippen LogP contribution < -0.4 is 5.32 Å². The Morgan fingerprint density at radius 1 is 1.12 bits per heavy atom. The normalized spacial score (nSPS) is 15.0. The van der Waals surface area contributed by atoms with Crippen LogP contribution in [0.4, 0.5) is 5.82 Å². The maximum atomic E-state index is 12.4. The molecule has 0 spiro atoms. The summed E-state index contributed by atoms with van der Waals surface area (Å²) in [5.74, 6) is -2.53. The van der Waals surface area contributed by atoms with Crippen LogP contribution in [0.2, 0.25) is 0 Å². The van der Waals surface area contributed by atoms with Crippen LogP contribution in [-0.4, -0.2) is 40.6 Å². The van der Waals surface area contributed by atoms with E-state index in [0.29, 0.717) is 17.2 Å². The van der Waals surface area contributed by atoms with E-state index in [1.807, 2.05) is 0 Å². The Morgan fingerprint density at radius 2 is 1.58 bits per heavy atom. The third kappa shape index (κ3) is 2.93. The van der Waals surface area contributed by atoms with Gasteiger partial charge in [-0.3, -0.25) is 0 Å². The van der Waals surface area contributed by atoms with Gasteiger partial charge in [0.25, 0.3) is 0 Å². The van der Waals surface area contributed by atoms with Gasteiger partial charge in [-0.15, -0.1) is 0 Å². The fourth-order valence-corrected chi connectivity index (χ4v) is 3.10. The molecular weight excluding hydrogens is 344 g/mol. The molecule has 10 heteroatoms. The predicted molar refractivity (Wildman–Crippen MR) is 89.9 cm³/mol. The SMILES string of the molecule is COC(=O)C1=C(C)NC(C)=C(C(=O)OC)C1c1c([N+](=O)[O-])nc(C)n1C. The summed E-state index contributed by atoms with van der Waals surface area (Å²) in [6, 6.07) is 0. The molecule has 0 aliphatic carbocycles. The number of hydrogen-bond acceptors (Lipinski definition) is 8. The molecule has 1 aromatic heterocycles. The average molecular weight is 364 g/mol. The van der Waals surface area contributed by atoms with Gasteiger partial charge in [-0.25, -0.2) is 9.59 Å². The van der Waals surface area contributed by atoms with Crippen molar-refractivity contribution >= 4 is 17.8 Å². The summed E-state index contributed by atoms with van der Waals surface area (Å²) in [5, 5.41) is 14.5. The van der Waals surface area contributed by atoms with Gasteiger partial charge in [0.05, 0.1) is 31.3 Å². The molecule has 26 heavy (non-hydrogen) atoms. The molecule has 2 heterocycles. The number of rotatable bonds is 4. The maximum absolute atomic E-state index is 12.4. The number of allylic oxidation sites excluding steroid dienone is 2. The molecule has 140 valence electrons. The van der Waals surface area contributed by atoms with Gasteiger partial charge in [-0.05, 0) is 23.8 Å². The lowest BCUT2D eigenvalue weighted by molar-refractivity contribution is -0.390. The first-order valence-electron chi connectivity index (χ1n) is 7.68. The zero-order chi connectivity index (χ0) is 19.8. The summed E-state index contributed by atoms with van der Waals surface area (Å²) >= 11 is 0. The Bertz CT molecular complexity index is 826. The highest BCUT2D eigenvalue weighted by molar-refractivity contribution is 6.00. The number of aromatic nitrogens is 2. The first-order chi connectivity index (χ1) is 12.1. The highest BCUT2D eigenvalue weighted by Gasteiger charge is 2.43. The second-order valence-corrected chi connectivity index (χ2v) is 5.80. The number of hydrogen-bond donors (Lipinski definition) is 1. The number of dihydropyridines is 1. The third-order valence-electron chi connectivity index (χ3n) is 4.36. The van der Waals surface area contributed by atoms with E-state index in [0.717, 1.165) is 0 Å². The number of carbonyl (C=O) groups excluding carboxylic acids is 2. The quantitative estimate of drug-likeness (QED) is 0.480. The summed E-state index contributed by atoms with van der Waals surface area (Å²) in [5.41, 5.74) is 1.14. The van der Waals surface area contributed by atoms with Crippen LogP contribution in [0.25, 0.3) is 0 Å². The highest BCUT2D eigenvalue weighted by Crippen LogP contribution is 2.42. The lowest BCUT2D eigenvalue weighted by Gasteiger charge is -2.29.